The molecule has 0 aliphatic heterocycles. The molecule has 18 heavy (non-hydrogen) atoms. The number of aromatic nitrogens is 2. The first-order chi connectivity index (χ1) is 8.47. The average molecular weight is 265 g/mol. The first kappa shape index (κ1) is 13.0. The number of rotatable bonds is 2. The highest BCUT2D eigenvalue weighted by Gasteiger charge is 2.12. The summed E-state index contributed by atoms with van der Waals surface area (Å²) in [6, 6.07) is 6.52. The minimum Gasteiger partial charge on any atom is -0.232 e. The molecule has 2 nitrogen and oxygen atoms in total. The van der Waals surface area contributed by atoms with Crippen LogP contribution in [0.25, 0.3) is 11.3 Å². The second-order valence-corrected chi connectivity index (χ2v) is 4.96. The van der Waals surface area contributed by atoms with Crippen LogP contribution in [0.3, 0.4) is 0 Å². The van der Waals surface area contributed by atoms with Gasteiger partial charge in [-0.1, -0.05) is 37.1 Å². The van der Waals surface area contributed by atoms with Crippen molar-refractivity contribution in [3.63, 3.8) is 0 Å². The molecule has 0 saturated heterocycles. The maximum absolute atomic E-state index is 13.8. The molecule has 1 heterocycles. The van der Waals surface area contributed by atoms with E-state index in [0.29, 0.717) is 22.2 Å². The van der Waals surface area contributed by atoms with Crippen LogP contribution in [-0.2, 0) is 0 Å². The van der Waals surface area contributed by atoms with Crippen molar-refractivity contribution in [2.24, 2.45) is 0 Å². The van der Waals surface area contributed by atoms with E-state index in [2.05, 4.69) is 9.97 Å². The second kappa shape index (κ2) is 5.02. The van der Waals surface area contributed by atoms with Crippen molar-refractivity contribution in [3.05, 3.63) is 46.6 Å². The number of hydrogen-bond acceptors (Lipinski definition) is 2. The van der Waals surface area contributed by atoms with Crippen LogP contribution >= 0.6 is 11.6 Å². The number of aryl methyl sites for hydroxylation is 1. The predicted molar refractivity (Wildman–Crippen MR) is 71.3 cm³/mol. The zero-order valence-corrected chi connectivity index (χ0v) is 11.3. The van der Waals surface area contributed by atoms with E-state index in [1.54, 1.807) is 18.2 Å². The Bertz CT molecular complexity index is 582. The first-order valence-corrected chi connectivity index (χ1v) is 6.16. The van der Waals surface area contributed by atoms with Crippen LogP contribution in [0.2, 0.25) is 5.15 Å². The maximum atomic E-state index is 13.8. The third-order valence-electron chi connectivity index (χ3n) is 2.63. The molecule has 4 heteroatoms. The zero-order valence-electron chi connectivity index (χ0n) is 10.5. The summed E-state index contributed by atoms with van der Waals surface area (Å²) in [5.41, 5.74) is 1.97. The summed E-state index contributed by atoms with van der Waals surface area (Å²) < 4.78 is 13.8. The van der Waals surface area contributed by atoms with Crippen LogP contribution in [0.4, 0.5) is 4.39 Å². The van der Waals surface area contributed by atoms with Gasteiger partial charge in [0.2, 0.25) is 0 Å². The van der Waals surface area contributed by atoms with Crippen molar-refractivity contribution >= 4 is 11.6 Å². The Morgan fingerprint density at radius 1 is 1.17 bits per heavy atom. The lowest BCUT2D eigenvalue weighted by Crippen LogP contribution is -2.00. The lowest BCUT2D eigenvalue weighted by molar-refractivity contribution is 0.630. The van der Waals surface area contributed by atoms with E-state index < -0.39 is 0 Å². The van der Waals surface area contributed by atoms with Gasteiger partial charge in [0.05, 0.1) is 5.69 Å². The monoisotopic (exact) mass is 264 g/mol. The zero-order chi connectivity index (χ0) is 13.3. The van der Waals surface area contributed by atoms with Crippen LogP contribution in [0.1, 0.15) is 31.2 Å². The van der Waals surface area contributed by atoms with Crippen LogP contribution in [-0.4, -0.2) is 9.97 Å². The molecule has 0 fully saturated rings. The fraction of sp³-hybridized carbons (Fsp3) is 0.286. The molecule has 0 amide bonds. The molecule has 0 aliphatic carbocycles. The van der Waals surface area contributed by atoms with E-state index in [-0.39, 0.29) is 11.7 Å². The molecule has 0 aliphatic rings. The van der Waals surface area contributed by atoms with Crippen molar-refractivity contribution in [2.45, 2.75) is 26.7 Å². The smallest absolute Gasteiger partial charge is 0.133 e. The van der Waals surface area contributed by atoms with Crippen molar-refractivity contribution < 1.29 is 4.39 Å². The summed E-state index contributed by atoms with van der Waals surface area (Å²) in [6.45, 7) is 5.86. The van der Waals surface area contributed by atoms with Gasteiger partial charge in [-0.25, -0.2) is 14.4 Å². The molecule has 1 aromatic carbocycles. The summed E-state index contributed by atoms with van der Waals surface area (Å²) in [6.07, 6.45) is 0. The largest absolute Gasteiger partial charge is 0.232 e. The molecule has 0 atom stereocenters. The van der Waals surface area contributed by atoms with E-state index in [1.807, 2.05) is 20.8 Å². The molecule has 0 radical (unpaired) electrons. The number of halogens is 2. The van der Waals surface area contributed by atoms with Gasteiger partial charge >= 0.3 is 0 Å². The van der Waals surface area contributed by atoms with Crippen LogP contribution in [0.15, 0.2) is 24.3 Å². The van der Waals surface area contributed by atoms with Gasteiger partial charge in [0.1, 0.15) is 16.8 Å². The molecule has 0 N–H and O–H groups in total. The van der Waals surface area contributed by atoms with Crippen molar-refractivity contribution in [3.8, 4) is 11.3 Å². The van der Waals surface area contributed by atoms with Crippen LogP contribution in [0, 0.1) is 12.7 Å². The molecule has 1 aromatic heterocycles. The second-order valence-electron chi connectivity index (χ2n) is 4.57. The van der Waals surface area contributed by atoms with Gasteiger partial charge in [0, 0.05) is 17.5 Å². The van der Waals surface area contributed by atoms with Gasteiger partial charge in [-0.15, -0.1) is 0 Å². The molecular weight excluding hydrogens is 251 g/mol. The highest BCUT2D eigenvalue weighted by atomic mass is 35.5. The lowest BCUT2D eigenvalue weighted by atomic mass is 10.1. The van der Waals surface area contributed by atoms with Crippen LogP contribution in [0.5, 0.6) is 0 Å². The Morgan fingerprint density at radius 3 is 2.56 bits per heavy atom. The molecule has 2 aromatic rings. The lowest BCUT2D eigenvalue weighted by Gasteiger charge is -2.09. The van der Waals surface area contributed by atoms with E-state index in [0.717, 1.165) is 5.56 Å². The van der Waals surface area contributed by atoms with E-state index >= 15 is 0 Å². The molecule has 0 saturated carbocycles. The summed E-state index contributed by atoms with van der Waals surface area (Å²) >= 11 is 5.96. The summed E-state index contributed by atoms with van der Waals surface area (Å²) in [5.74, 6) is 0.471. The minimum atomic E-state index is -0.301. The number of nitrogens with zero attached hydrogens (tertiary/aromatic N) is 2. The minimum absolute atomic E-state index is 0.148. The maximum Gasteiger partial charge on any atom is 0.133 e. The molecule has 0 unspecified atom stereocenters. The summed E-state index contributed by atoms with van der Waals surface area (Å²) in [5, 5.41) is 0.338. The standard InChI is InChI=1S/C14H14ClFN2/c1-8(2)14-17-12(7-13(15)18-14)10-6-9(3)4-5-11(10)16/h4-8H,1-3H3. The van der Waals surface area contributed by atoms with Gasteiger partial charge in [-0.2, -0.15) is 0 Å². The van der Waals surface area contributed by atoms with Crippen molar-refractivity contribution in [2.75, 3.05) is 0 Å². The normalized spacial score (nSPS) is 11.0. The molecule has 94 valence electrons. The van der Waals surface area contributed by atoms with Gasteiger partial charge in [-0.05, 0) is 19.1 Å². The fourth-order valence-corrected chi connectivity index (χ4v) is 1.86. The van der Waals surface area contributed by atoms with Crippen molar-refractivity contribution in [1.82, 2.24) is 9.97 Å². The third kappa shape index (κ3) is 2.67. The average Bonchev–Trinajstić information content (AvgIpc) is 2.31. The molecule has 0 spiro atoms. The third-order valence-corrected chi connectivity index (χ3v) is 2.82. The molecular formula is C14H14ClFN2. The van der Waals surface area contributed by atoms with E-state index in [1.165, 1.54) is 6.07 Å². The van der Waals surface area contributed by atoms with Crippen molar-refractivity contribution in [1.29, 1.82) is 0 Å². The summed E-state index contributed by atoms with van der Waals surface area (Å²) in [7, 11) is 0. The van der Waals surface area contributed by atoms with Gasteiger partial charge in [-0.3, -0.25) is 0 Å². The van der Waals surface area contributed by atoms with Gasteiger partial charge < -0.3 is 0 Å². The topological polar surface area (TPSA) is 25.8 Å². The first-order valence-electron chi connectivity index (χ1n) is 5.78. The Balaban J connectivity index is 2.60. The highest BCUT2D eigenvalue weighted by molar-refractivity contribution is 6.29. The summed E-state index contributed by atoms with van der Waals surface area (Å²) in [4.78, 5) is 8.51. The van der Waals surface area contributed by atoms with Crippen LogP contribution < -0.4 is 0 Å². The SMILES string of the molecule is Cc1ccc(F)c(-c2cc(Cl)nc(C(C)C)n2)c1. The Kier molecular flexibility index (Phi) is 3.62. The Labute approximate surface area is 111 Å². The number of hydrogen-bond donors (Lipinski definition) is 0. The fourth-order valence-electron chi connectivity index (χ4n) is 1.67. The molecule has 0 bridgehead atoms. The predicted octanol–water partition coefficient (Wildman–Crippen LogP) is 4.37. The highest BCUT2D eigenvalue weighted by Crippen LogP contribution is 2.25. The van der Waals surface area contributed by atoms with Gasteiger partial charge in [0.15, 0.2) is 0 Å². The van der Waals surface area contributed by atoms with E-state index in [4.69, 9.17) is 11.6 Å². The number of benzene rings is 1. The van der Waals surface area contributed by atoms with E-state index in [9.17, 15) is 4.39 Å². The van der Waals surface area contributed by atoms with Gasteiger partial charge in [0.25, 0.3) is 0 Å². The molecule has 2 rings (SSSR count). The Morgan fingerprint density at radius 2 is 1.89 bits per heavy atom. The quantitative estimate of drug-likeness (QED) is 0.753. The Hall–Kier alpha value is -1.48.